The monoisotopic (exact) mass is 170 g/mol. The summed E-state index contributed by atoms with van der Waals surface area (Å²) in [4.78, 5) is 0. The fourth-order valence-electron chi connectivity index (χ4n) is 1.13. The Hall–Kier alpha value is -0.960. The number of hydrogen-bond acceptors (Lipinski definition) is 1. The van der Waals surface area contributed by atoms with Crippen LogP contribution in [-0.4, -0.2) is 6.61 Å². The zero-order chi connectivity index (χ0) is 8.77. The SMILES string of the molecule is C[C@]1(c2cc(F)cc(F)c2)CO1. The van der Waals surface area contributed by atoms with E-state index in [1.54, 1.807) is 6.92 Å². The summed E-state index contributed by atoms with van der Waals surface area (Å²) in [5, 5.41) is 0. The van der Waals surface area contributed by atoms with Crippen molar-refractivity contribution >= 4 is 0 Å². The minimum Gasteiger partial charge on any atom is -0.365 e. The van der Waals surface area contributed by atoms with E-state index >= 15 is 0 Å². The van der Waals surface area contributed by atoms with Crippen molar-refractivity contribution in [2.45, 2.75) is 12.5 Å². The normalized spacial score (nSPS) is 27.2. The molecule has 1 aromatic rings. The highest BCUT2D eigenvalue weighted by atomic mass is 19.1. The second kappa shape index (κ2) is 2.26. The lowest BCUT2D eigenvalue weighted by Gasteiger charge is -2.04. The molecule has 0 aromatic heterocycles. The van der Waals surface area contributed by atoms with Gasteiger partial charge in [-0.05, 0) is 24.6 Å². The molecule has 64 valence electrons. The van der Waals surface area contributed by atoms with Crippen LogP contribution in [0.1, 0.15) is 12.5 Å². The number of benzene rings is 1. The van der Waals surface area contributed by atoms with Gasteiger partial charge in [0.05, 0.1) is 6.61 Å². The Morgan fingerprint density at radius 3 is 2.17 bits per heavy atom. The average Bonchev–Trinajstić information content (AvgIpc) is 2.67. The zero-order valence-electron chi connectivity index (χ0n) is 6.60. The lowest BCUT2D eigenvalue weighted by molar-refractivity contribution is 0.327. The van der Waals surface area contributed by atoms with Crippen molar-refractivity contribution in [2.75, 3.05) is 6.61 Å². The molecule has 1 saturated heterocycles. The first kappa shape index (κ1) is 7.68. The van der Waals surface area contributed by atoms with Gasteiger partial charge in [-0.25, -0.2) is 8.78 Å². The summed E-state index contributed by atoms with van der Waals surface area (Å²) in [5.74, 6) is -1.11. The maximum Gasteiger partial charge on any atom is 0.126 e. The number of rotatable bonds is 1. The van der Waals surface area contributed by atoms with Crippen molar-refractivity contribution in [2.24, 2.45) is 0 Å². The van der Waals surface area contributed by atoms with Crippen molar-refractivity contribution in [3.8, 4) is 0 Å². The highest BCUT2D eigenvalue weighted by molar-refractivity contribution is 5.27. The fraction of sp³-hybridized carbons (Fsp3) is 0.333. The van der Waals surface area contributed by atoms with Crippen LogP contribution >= 0.6 is 0 Å². The standard InChI is InChI=1S/C9H8F2O/c1-9(5-12-9)6-2-7(10)4-8(11)3-6/h2-4H,5H2,1H3/t9-/m1/s1. The molecular formula is C9H8F2O. The van der Waals surface area contributed by atoms with Crippen molar-refractivity contribution in [3.63, 3.8) is 0 Å². The summed E-state index contributed by atoms with van der Waals surface area (Å²) in [5.41, 5.74) is 0.114. The van der Waals surface area contributed by atoms with Crippen LogP contribution in [0.3, 0.4) is 0 Å². The van der Waals surface area contributed by atoms with E-state index in [9.17, 15) is 8.78 Å². The van der Waals surface area contributed by atoms with Gasteiger partial charge in [0.15, 0.2) is 0 Å². The van der Waals surface area contributed by atoms with Gasteiger partial charge >= 0.3 is 0 Å². The number of hydrogen-bond donors (Lipinski definition) is 0. The lowest BCUT2D eigenvalue weighted by atomic mass is 10.0. The van der Waals surface area contributed by atoms with Crippen molar-refractivity contribution < 1.29 is 13.5 Å². The van der Waals surface area contributed by atoms with Crippen LogP contribution in [0.25, 0.3) is 0 Å². The third-order valence-electron chi connectivity index (χ3n) is 2.05. The van der Waals surface area contributed by atoms with Gasteiger partial charge in [0.2, 0.25) is 0 Å². The molecule has 1 atom stereocenters. The molecule has 2 rings (SSSR count). The topological polar surface area (TPSA) is 12.5 Å². The Morgan fingerprint density at radius 1 is 1.25 bits per heavy atom. The Balaban J connectivity index is 2.44. The molecule has 1 aliphatic heterocycles. The van der Waals surface area contributed by atoms with E-state index in [2.05, 4.69) is 0 Å². The summed E-state index contributed by atoms with van der Waals surface area (Å²) >= 11 is 0. The largest absolute Gasteiger partial charge is 0.365 e. The summed E-state index contributed by atoms with van der Waals surface area (Å²) in [7, 11) is 0. The van der Waals surface area contributed by atoms with Gasteiger partial charge in [-0.3, -0.25) is 0 Å². The van der Waals surface area contributed by atoms with E-state index in [1.165, 1.54) is 12.1 Å². The maximum absolute atomic E-state index is 12.7. The first-order chi connectivity index (χ1) is 5.60. The zero-order valence-corrected chi connectivity index (χ0v) is 6.60. The minimum atomic E-state index is -0.554. The third-order valence-corrected chi connectivity index (χ3v) is 2.05. The molecule has 0 aliphatic carbocycles. The molecule has 0 saturated carbocycles. The molecule has 1 aromatic carbocycles. The van der Waals surface area contributed by atoms with Gasteiger partial charge in [0.1, 0.15) is 17.2 Å². The molecule has 0 N–H and O–H groups in total. The van der Waals surface area contributed by atoms with Gasteiger partial charge < -0.3 is 4.74 Å². The third kappa shape index (κ3) is 1.20. The minimum absolute atomic E-state index is 0.455. The molecule has 1 heterocycles. The predicted molar refractivity (Wildman–Crippen MR) is 39.7 cm³/mol. The quantitative estimate of drug-likeness (QED) is 0.588. The Labute approximate surface area is 69.0 Å². The summed E-state index contributed by atoms with van der Waals surface area (Å²) in [6, 6.07) is 3.46. The molecular weight excluding hydrogens is 162 g/mol. The highest BCUT2D eigenvalue weighted by Gasteiger charge is 2.41. The molecule has 0 bridgehead atoms. The molecule has 1 aliphatic rings. The fourth-order valence-corrected chi connectivity index (χ4v) is 1.13. The van der Waals surface area contributed by atoms with E-state index in [1.807, 2.05) is 0 Å². The Bertz CT molecular complexity index is 298. The summed E-state index contributed by atoms with van der Waals surface area (Å²) in [6.45, 7) is 2.34. The Morgan fingerprint density at radius 2 is 1.75 bits per heavy atom. The van der Waals surface area contributed by atoms with Crippen LogP contribution in [0.2, 0.25) is 0 Å². The predicted octanol–water partition coefficient (Wildman–Crippen LogP) is 2.21. The highest BCUT2D eigenvalue weighted by Crippen LogP contribution is 2.38. The van der Waals surface area contributed by atoms with Gasteiger partial charge in [0.25, 0.3) is 0 Å². The molecule has 0 radical (unpaired) electrons. The van der Waals surface area contributed by atoms with E-state index < -0.39 is 17.2 Å². The molecule has 3 heteroatoms. The lowest BCUT2D eigenvalue weighted by Crippen LogP contribution is -2.03. The van der Waals surface area contributed by atoms with Gasteiger partial charge in [0, 0.05) is 6.07 Å². The van der Waals surface area contributed by atoms with Crippen molar-refractivity contribution in [1.29, 1.82) is 0 Å². The molecule has 0 spiro atoms. The maximum atomic E-state index is 12.7. The Kier molecular flexibility index (Phi) is 1.45. The van der Waals surface area contributed by atoms with Gasteiger partial charge in [-0.1, -0.05) is 0 Å². The molecule has 0 amide bonds. The second-order valence-corrected chi connectivity index (χ2v) is 3.18. The van der Waals surface area contributed by atoms with Gasteiger partial charge in [-0.2, -0.15) is 0 Å². The van der Waals surface area contributed by atoms with E-state index in [4.69, 9.17) is 4.74 Å². The average molecular weight is 170 g/mol. The molecule has 12 heavy (non-hydrogen) atoms. The summed E-state index contributed by atoms with van der Waals surface area (Å²) < 4.78 is 30.4. The summed E-state index contributed by atoms with van der Waals surface area (Å²) in [6.07, 6.45) is 0. The van der Waals surface area contributed by atoms with Crippen molar-refractivity contribution in [1.82, 2.24) is 0 Å². The van der Waals surface area contributed by atoms with E-state index in [-0.39, 0.29) is 0 Å². The van der Waals surface area contributed by atoms with Crippen LogP contribution in [0.15, 0.2) is 18.2 Å². The van der Waals surface area contributed by atoms with Crippen LogP contribution < -0.4 is 0 Å². The molecule has 1 nitrogen and oxygen atoms in total. The molecule has 1 fully saturated rings. The van der Waals surface area contributed by atoms with Crippen molar-refractivity contribution in [3.05, 3.63) is 35.4 Å². The van der Waals surface area contributed by atoms with E-state index in [0.29, 0.717) is 12.2 Å². The van der Waals surface area contributed by atoms with Gasteiger partial charge in [-0.15, -0.1) is 0 Å². The number of halogens is 2. The van der Waals surface area contributed by atoms with Crippen LogP contribution in [0.4, 0.5) is 8.78 Å². The first-order valence-electron chi connectivity index (χ1n) is 3.71. The first-order valence-corrected chi connectivity index (χ1v) is 3.71. The smallest absolute Gasteiger partial charge is 0.126 e. The molecule has 0 unspecified atom stereocenters. The van der Waals surface area contributed by atoms with Crippen LogP contribution in [0.5, 0.6) is 0 Å². The number of epoxide rings is 1. The number of ether oxygens (including phenoxy) is 1. The second-order valence-electron chi connectivity index (χ2n) is 3.18. The van der Waals surface area contributed by atoms with Crippen LogP contribution in [0, 0.1) is 11.6 Å². The van der Waals surface area contributed by atoms with Crippen LogP contribution in [-0.2, 0) is 10.3 Å². The van der Waals surface area contributed by atoms with E-state index in [0.717, 1.165) is 6.07 Å².